The summed E-state index contributed by atoms with van der Waals surface area (Å²) in [5.41, 5.74) is 6.66. The molecule has 0 spiro atoms. The van der Waals surface area contributed by atoms with Crippen LogP contribution in [-0.2, 0) is 16.8 Å². The normalized spacial score (nSPS) is 11.4. The highest BCUT2D eigenvalue weighted by Gasteiger charge is 2.42. The van der Waals surface area contributed by atoms with Crippen molar-refractivity contribution < 1.29 is 14.5 Å². The zero-order chi connectivity index (χ0) is 40.8. The van der Waals surface area contributed by atoms with E-state index in [0.29, 0.717) is 35.6 Å². The first-order chi connectivity index (χ1) is 28.9. The molecule has 0 aliphatic carbocycles. The molecule has 2 heterocycles. The van der Waals surface area contributed by atoms with E-state index in [1.807, 2.05) is 71.4 Å². The van der Waals surface area contributed by atoms with E-state index in [1.165, 1.54) is 12.1 Å². The van der Waals surface area contributed by atoms with Crippen molar-refractivity contribution in [2.75, 3.05) is 18.1 Å². The van der Waals surface area contributed by atoms with Crippen LogP contribution in [-0.4, -0.2) is 49.2 Å². The number of pyridine rings is 1. The Balaban J connectivity index is 1.19. The van der Waals surface area contributed by atoms with E-state index >= 15 is 0 Å². The maximum Gasteiger partial charge on any atom is 0.341 e. The van der Waals surface area contributed by atoms with Gasteiger partial charge in [-0.05, 0) is 69.3 Å². The Labute approximate surface area is 341 Å². The summed E-state index contributed by atoms with van der Waals surface area (Å²) in [6.07, 6.45) is 0.791. The minimum absolute atomic E-state index is 0.0756. The summed E-state index contributed by atoms with van der Waals surface area (Å²) in [7, 11) is 0. The summed E-state index contributed by atoms with van der Waals surface area (Å²) in [6.45, 7) is 5.06. The van der Waals surface area contributed by atoms with Crippen LogP contribution in [0.25, 0.3) is 33.4 Å². The van der Waals surface area contributed by atoms with E-state index in [0.717, 1.165) is 45.4 Å². The second-order valence-electron chi connectivity index (χ2n) is 14.1. The lowest BCUT2D eigenvalue weighted by Crippen LogP contribution is -2.39. The Morgan fingerprint density at radius 1 is 0.746 bits per heavy atom. The van der Waals surface area contributed by atoms with E-state index in [2.05, 4.69) is 89.8 Å². The number of aromatic nitrogens is 5. The van der Waals surface area contributed by atoms with Crippen molar-refractivity contribution in [3.63, 3.8) is 0 Å². The Morgan fingerprint density at radius 2 is 1.34 bits per heavy atom. The Morgan fingerprint density at radius 3 is 1.92 bits per heavy atom. The third-order valence-electron chi connectivity index (χ3n) is 10.4. The zero-order valence-corrected chi connectivity index (χ0v) is 32.7. The summed E-state index contributed by atoms with van der Waals surface area (Å²) in [5.74, 6) is 0.538. The molecule has 2 aromatic heterocycles. The van der Waals surface area contributed by atoms with Crippen LogP contribution >= 0.6 is 0 Å². The third kappa shape index (κ3) is 7.41. The minimum atomic E-state index is -0.907. The Bertz CT molecular complexity index is 2630. The molecule has 292 valence electrons. The number of anilines is 1. The van der Waals surface area contributed by atoms with Crippen LogP contribution in [0.1, 0.15) is 52.9 Å². The summed E-state index contributed by atoms with van der Waals surface area (Å²) >= 11 is 0. The van der Waals surface area contributed by atoms with Crippen molar-refractivity contribution in [2.24, 2.45) is 0 Å². The van der Waals surface area contributed by atoms with Crippen LogP contribution in [0.4, 0.5) is 11.5 Å². The van der Waals surface area contributed by atoms with Crippen LogP contribution < -0.4 is 4.90 Å². The first-order valence-corrected chi connectivity index (χ1v) is 19.6. The second-order valence-corrected chi connectivity index (χ2v) is 14.1. The van der Waals surface area contributed by atoms with Crippen molar-refractivity contribution in [1.82, 2.24) is 25.2 Å². The molecule has 0 saturated heterocycles. The van der Waals surface area contributed by atoms with E-state index < -0.39 is 16.4 Å². The smallest absolute Gasteiger partial charge is 0.341 e. The van der Waals surface area contributed by atoms with Crippen molar-refractivity contribution in [3.8, 4) is 22.5 Å². The fraction of sp³-hybridized carbons (Fsp3) is 0.146. The number of tetrazole rings is 1. The van der Waals surface area contributed by atoms with E-state index in [4.69, 9.17) is 20.0 Å². The molecule has 0 N–H and O–H groups in total. The van der Waals surface area contributed by atoms with Crippen LogP contribution in [0.2, 0.25) is 0 Å². The van der Waals surface area contributed by atoms with Gasteiger partial charge in [-0.2, -0.15) is 0 Å². The summed E-state index contributed by atoms with van der Waals surface area (Å²) in [6, 6.07) is 53.6. The van der Waals surface area contributed by atoms with Gasteiger partial charge in [-0.15, -0.1) is 5.10 Å². The number of rotatable bonds is 14. The van der Waals surface area contributed by atoms with Gasteiger partial charge in [-0.1, -0.05) is 146 Å². The molecule has 6 aromatic carbocycles. The first kappa shape index (κ1) is 38.3. The molecule has 8 rings (SSSR count). The molecular weight excluding hydrogens is 739 g/mol. The zero-order valence-electron chi connectivity index (χ0n) is 32.7. The molecular formula is C48H41N7O4. The first-order valence-electron chi connectivity index (χ1n) is 19.6. The minimum Gasteiger partial charge on any atom is -0.462 e. The Kier molecular flexibility index (Phi) is 11.0. The number of non-ortho nitro benzene ring substituents is 1. The maximum absolute atomic E-state index is 13.3. The molecule has 59 heavy (non-hydrogen) atoms. The number of fused-ring (bicyclic) bond motifs is 1. The number of hydrogen-bond acceptors (Lipinski definition) is 9. The fourth-order valence-electron chi connectivity index (χ4n) is 7.82. The van der Waals surface area contributed by atoms with E-state index in [-0.39, 0.29) is 17.9 Å². The Hall–Kier alpha value is -7.53. The molecule has 0 aliphatic rings. The number of hydrogen-bond donors (Lipinski definition) is 0. The monoisotopic (exact) mass is 779 g/mol. The third-order valence-corrected chi connectivity index (χ3v) is 10.4. The molecule has 11 nitrogen and oxygen atoms in total. The largest absolute Gasteiger partial charge is 0.462 e. The van der Waals surface area contributed by atoms with Crippen LogP contribution in [0.3, 0.4) is 0 Å². The average Bonchev–Trinajstić information content (AvgIpc) is 3.77. The van der Waals surface area contributed by atoms with Gasteiger partial charge in [0.25, 0.3) is 5.69 Å². The standard InChI is InChI=1S/C48H41N7O4/c1-3-30-53(45-43(47(56)59-4-2)32-36-31-40(55(57)58)28-29-44(36)49-45)33-34-24-26-35(27-25-34)41-22-14-15-23-42(41)46-50-51-52-54(46)48(37-16-8-5-9-17-37,38-18-10-6-11-19-38)39-20-12-7-13-21-39/h5-29,31-32H,3-4,30,33H2,1-2H3. The van der Waals surface area contributed by atoms with Crippen molar-refractivity contribution in [1.29, 1.82) is 0 Å². The quantitative estimate of drug-likeness (QED) is 0.0458. The number of nitro groups is 1. The molecule has 0 fully saturated rings. The molecule has 0 amide bonds. The maximum atomic E-state index is 13.3. The van der Waals surface area contributed by atoms with Crippen molar-refractivity contribution in [2.45, 2.75) is 32.4 Å². The lowest BCUT2D eigenvalue weighted by molar-refractivity contribution is -0.384. The molecule has 0 radical (unpaired) electrons. The number of nitro benzene ring substituents is 1. The van der Waals surface area contributed by atoms with Gasteiger partial charge in [0.05, 0.1) is 17.0 Å². The number of benzene rings is 6. The van der Waals surface area contributed by atoms with E-state index in [1.54, 1.807) is 19.1 Å². The highest BCUT2D eigenvalue weighted by atomic mass is 16.6. The van der Waals surface area contributed by atoms with Gasteiger partial charge in [-0.3, -0.25) is 10.1 Å². The van der Waals surface area contributed by atoms with Gasteiger partial charge < -0.3 is 9.64 Å². The van der Waals surface area contributed by atoms with Gasteiger partial charge in [0.15, 0.2) is 5.82 Å². The molecule has 11 heteroatoms. The molecule has 0 unspecified atom stereocenters. The molecule has 0 aliphatic heterocycles. The lowest BCUT2D eigenvalue weighted by atomic mass is 9.77. The van der Waals surface area contributed by atoms with Gasteiger partial charge in [0, 0.05) is 36.2 Å². The molecule has 8 aromatic rings. The van der Waals surface area contributed by atoms with Crippen LogP contribution in [0.15, 0.2) is 164 Å². The highest BCUT2D eigenvalue weighted by Crippen LogP contribution is 2.43. The van der Waals surface area contributed by atoms with Gasteiger partial charge >= 0.3 is 5.97 Å². The SMILES string of the molecule is CCCN(Cc1ccc(-c2ccccc2-c2nnnn2C(c2ccccc2)(c2ccccc2)c2ccccc2)cc1)c1nc2ccc([N+](=O)[O-])cc2cc1C(=O)OCC. The summed E-state index contributed by atoms with van der Waals surface area (Å²) < 4.78 is 7.37. The predicted octanol–water partition coefficient (Wildman–Crippen LogP) is 9.90. The molecule has 0 bridgehead atoms. The van der Waals surface area contributed by atoms with Gasteiger partial charge in [-0.25, -0.2) is 14.5 Å². The number of carbonyl (C=O) groups excluding carboxylic acids is 1. The van der Waals surface area contributed by atoms with Crippen molar-refractivity contribution >= 4 is 28.4 Å². The van der Waals surface area contributed by atoms with Gasteiger partial charge in [0.2, 0.25) is 0 Å². The predicted molar refractivity (Wildman–Crippen MR) is 229 cm³/mol. The van der Waals surface area contributed by atoms with Crippen LogP contribution in [0.5, 0.6) is 0 Å². The number of nitrogens with zero attached hydrogens (tertiary/aromatic N) is 7. The van der Waals surface area contributed by atoms with Gasteiger partial charge in [0.1, 0.15) is 16.9 Å². The topological polar surface area (TPSA) is 129 Å². The highest BCUT2D eigenvalue weighted by molar-refractivity contribution is 5.99. The summed E-state index contributed by atoms with van der Waals surface area (Å²) in [5, 5.41) is 25.8. The lowest BCUT2D eigenvalue weighted by Gasteiger charge is -2.36. The van der Waals surface area contributed by atoms with Crippen molar-refractivity contribution in [3.05, 3.63) is 202 Å². The second kappa shape index (κ2) is 16.9. The molecule has 0 saturated carbocycles. The number of ether oxygens (including phenoxy) is 1. The molecule has 0 atom stereocenters. The summed E-state index contributed by atoms with van der Waals surface area (Å²) in [4.78, 5) is 31.3. The number of carbonyl (C=O) groups is 1. The van der Waals surface area contributed by atoms with E-state index in [9.17, 15) is 14.9 Å². The average molecular weight is 780 g/mol. The van der Waals surface area contributed by atoms with Crippen LogP contribution in [0, 0.1) is 10.1 Å². The number of esters is 1. The fourth-order valence-corrected chi connectivity index (χ4v) is 7.82.